The third-order valence-electron chi connectivity index (χ3n) is 2.86. The summed E-state index contributed by atoms with van der Waals surface area (Å²) in [5.74, 6) is -0.141. The minimum absolute atomic E-state index is 0.128. The maximum Gasteiger partial charge on any atom is 0.350 e. The van der Waals surface area contributed by atoms with Gasteiger partial charge in [-0.15, -0.1) is 0 Å². The van der Waals surface area contributed by atoms with Crippen LogP contribution in [0.15, 0.2) is 24.3 Å². The number of carbonyl (C=O) groups is 2. The fourth-order valence-electron chi connectivity index (χ4n) is 1.85. The average Bonchev–Trinajstić information content (AvgIpc) is 2.86. The van der Waals surface area contributed by atoms with Crippen molar-refractivity contribution in [2.75, 3.05) is 18.5 Å². The van der Waals surface area contributed by atoms with Gasteiger partial charge in [0, 0.05) is 0 Å². The predicted octanol–water partition coefficient (Wildman–Crippen LogP) is 2.95. The van der Waals surface area contributed by atoms with Gasteiger partial charge in [-0.25, -0.2) is 9.78 Å². The van der Waals surface area contributed by atoms with Gasteiger partial charge in [-0.05, 0) is 38.5 Å². The van der Waals surface area contributed by atoms with Gasteiger partial charge in [0.1, 0.15) is 10.6 Å². The summed E-state index contributed by atoms with van der Waals surface area (Å²) in [6.45, 7) is 5.54. The van der Waals surface area contributed by atoms with Crippen molar-refractivity contribution in [3.05, 3.63) is 40.4 Å². The molecule has 0 saturated heterocycles. The molecular weight excluding hydrogens is 316 g/mol. The Morgan fingerprint density at radius 2 is 2.09 bits per heavy atom. The van der Waals surface area contributed by atoms with Crippen LogP contribution in [0.5, 0.6) is 5.75 Å². The molecule has 0 saturated carbocycles. The summed E-state index contributed by atoms with van der Waals surface area (Å²) in [5, 5.41) is 2.97. The zero-order valence-electron chi connectivity index (χ0n) is 13.2. The third kappa shape index (κ3) is 4.79. The minimum atomic E-state index is -0.431. The molecule has 7 heteroatoms. The lowest BCUT2D eigenvalue weighted by atomic mass is 10.2. The number of esters is 1. The third-order valence-corrected chi connectivity index (χ3v) is 3.92. The number of ether oxygens (including phenoxy) is 2. The van der Waals surface area contributed by atoms with Crippen molar-refractivity contribution in [1.82, 2.24) is 4.98 Å². The fraction of sp³-hybridized carbons (Fsp3) is 0.312. The van der Waals surface area contributed by atoms with Crippen molar-refractivity contribution < 1.29 is 19.1 Å². The Kier molecular flexibility index (Phi) is 5.70. The topological polar surface area (TPSA) is 77.5 Å². The van der Waals surface area contributed by atoms with E-state index in [0.717, 1.165) is 16.9 Å². The molecule has 0 bridgehead atoms. The van der Waals surface area contributed by atoms with E-state index in [1.807, 2.05) is 25.1 Å². The second-order valence-electron chi connectivity index (χ2n) is 4.81. The summed E-state index contributed by atoms with van der Waals surface area (Å²) >= 11 is 1.09. The van der Waals surface area contributed by atoms with Gasteiger partial charge < -0.3 is 9.47 Å². The quantitative estimate of drug-likeness (QED) is 0.822. The monoisotopic (exact) mass is 334 g/mol. The van der Waals surface area contributed by atoms with E-state index in [1.165, 1.54) is 0 Å². The maximum absolute atomic E-state index is 11.9. The standard InChI is InChI=1S/C16H18N2O4S/c1-4-21-15(20)14-11(3)17-16(23-14)18-13(19)9-22-12-7-5-6-10(2)8-12/h5-8H,4,9H2,1-3H3,(H,17,18,19). The highest BCUT2D eigenvalue weighted by Gasteiger charge is 2.17. The van der Waals surface area contributed by atoms with Gasteiger partial charge in [-0.1, -0.05) is 23.5 Å². The zero-order chi connectivity index (χ0) is 16.8. The molecule has 1 heterocycles. The second kappa shape index (κ2) is 7.73. The van der Waals surface area contributed by atoms with Gasteiger partial charge in [-0.3, -0.25) is 10.1 Å². The number of carbonyl (C=O) groups excluding carboxylic acids is 2. The molecule has 122 valence electrons. The second-order valence-corrected chi connectivity index (χ2v) is 5.81. The molecule has 0 spiro atoms. The van der Waals surface area contributed by atoms with Crippen LogP contribution in [0.1, 0.15) is 27.9 Å². The molecule has 0 fully saturated rings. The number of benzene rings is 1. The first-order chi connectivity index (χ1) is 11.0. The van der Waals surface area contributed by atoms with Crippen molar-refractivity contribution in [2.45, 2.75) is 20.8 Å². The van der Waals surface area contributed by atoms with Crippen LogP contribution in [0.25, 0.3) is 0 Å². The lowest BCUT2D eigenvalue weighted by Crippen LogP contribution is -2.20. The molecular formula is C16H18N2O4S. The molecule has 0 aliphatic heterocycles. The van der Waals surface area contributed by atoms with E-state index in [1.54, 1.807) is 19.9 Å². The number of hydrogen-bond acceptors (Lipinski definition) is 6. The van der Waals surface area contributed by atoms with Crippen LogP contribution in [-0.2, 0) is 9.53 Å². The molecule has 0 radical (unpaired) electrons. The van der Waals surface area contributed by atoms with Crippen LogP contribution >= 0.6 is 11.3 Å². The molecule has 2 aromatic rings. The number of hydrogen-bond donors (Lipinski definition) is 1. The van der Waals surface area contributed by atoms with Crippen molar-refractivity contribution >= 4 is 28.3 Å². The highest BCUT2D eigenvalue weighted by molar-refractivity contribution is 7.17. The Morgan fingerprint density at radius 3 is 2.78 bits per heavy atom. The molecule has 1 amide bonds. The number of thiazole rings is 1. The van der Waals surface area contributed by atoms with Gasteiger partial charge in [-0.2, -0.15) is 0 Å². The van der Waals surface area contributed by atoms with Crippen molar-refractivity contribution in [3.63, 3.8) is 0 Å². The predicted molar refractivity (Wildman–Crippen MR) is 88.1 cm³/mol. The SMILES string of the molecule is CCOC(=O)c1sc(NC(=O)COc2cccc(C)c2)nc1C. The first-order valence-corrected chi connectivity index (χ1v) is 7.95. The molecule has 0 unspecified atom stereocenters. The van der Waals surface area contributed by atoms with Crippen LogP contribution < -0.4 is 10.1 Å². The summed E-state index contributed by atoms with van der Waals surface area (Å²) in [6.07, 6.45) is 0. The summed E-state index contributed by atoms with van der Waals surface area (Å²) in [5.41, 5.74) is 1.58. The fourth-order valence-corrected chi connectivity index (χ4v) is 2.72. The van der Waals surface area contributed by atoms with Crippen LogP contribution in [0.2, 0.25) is 0 Å². The normalized spacial score (nSPS) is 10.2. The van der Waals surface area contributed by atoms with E-state index in [2.05, 4.69) is 10.3 Å². The van der Waals surface area contributed by atoms with E-state index < -0.39 is 5.97 Å². The first-order valence-electron chi connectivity index (χ1n) is 7.13. The number of aromatic nitrogens is 1. The van der Waals surface area contributed by atoms with Crippen LogP contribution in [0, 0.1) is 13.8 Å². The Hall–Kier alpha value is -2.41. The van der Waals surface area contributed by atoms with Crippen LogP contribution in [0.3, 0.4) is 0 Å². The summed E-state index contributed by atoms with van der Waals surface area (Å²) in [4.78, 5) is 28.2. The van der Waals surface area contributed by atoms with Crippen molar-refractivity contribution in [1.29, 1.82) is 0 Å². The zero-order valence-corrected chi connectivity index (χ0v) is 14.0. The highest BCUT2D eigenvalue weighted by atomic mass is 32.1. The van der Waals surface area contributed by atoms with Crippen LogP contribution in [0.4, 0.5) is 5.13 Å². The number of nitrogens with zero attached hydrogens (tertiary/aromatic N) is 1. The highest BCUT2D eigenvalue weighted by Crippen LogP contribution is 2.23. The molecule has 1 aromatic carbocycles. The molecule has 0 atom stereocenters. The average molecular weight is 334 g/mol. The molecule has 23 heavy (non-hydrogen) atoms. The number of amides is 1. The van der Waals surface area contributed by atoms with Crippen molar-refractivity contribution in [3.8, 4) is 5.75 Å². The van der Waals surface area contributed by atoms with E-state index in [4.69, 9.17) is 9.47 Å². The minimum Gasteiger partial charge on any atom is -0.484 e. The number of aryl methyl sites for hydroxylation is 2. The smallest absolute Gasteiger partial charge is 0.350 e. The molecule has 1 aromatic heterocycles. The summed E-state index contributed by atoms with van der Waals surface area (Å²) in [6, 6.07) is 7.44. The first kappa shape index (κ1) is 17.0. The van der Waals surface area contributed by atoms with E-state index in [-0.39, 0.29) is 12.5 Å². The molecule has 6 nitrogen and oxygen atoms in total. The largest absolute Gasteiger partial charge is 0.484 e. The summed E-state index contributed by atoms with van der Waals surface area (Å²) < 4.78 is 10.4. The van der Waals surface area contributed by atoms with Gasteiger partial charge in [0.15, 0.2) is 11.7 Å². The van der Waals surface area contributed by atoms with Gasteiger partial charge >= 0.3 is 5.97 Å². The van der Waals surface area contributed by atoms with Gasteiger partial charge in [0.2, 0.25) is 0 Å². The molecule has 1 N–H and O–H groups in total. The van der Waals surface area contributed by atoms with Crippen molar-refractivity contribution in [2.24, 2.45) is 0 Å². The Balaban J connectivity index is 1.93. The molecule has 0 aliphatic carbocycles. The maximum atomic E-state index is 11.9. The number of rotatable bonds is 6. The van der Waals surface area contributed by atoms with Gasteiger partial charge in [0.25, 0.3) is 5.91 Å². The number of nitrogens with one attached hydrogen (secondary N) is 1. The van der Waals surface area contributed by atoms with E-state index in [0.29, 0.717) is 28.1 Å². The molecule has 2 rings (SSSR count). The van der Waals surface area contributed by atoms with E-state index in [9.17, 15) is 9.59 Å². The number of anilines is 1. The van der Waals surface area contributed by atoms with Gasteiger partial charge in [0.05, 0.1) is 12.3 Å². The lowest BCUT2D eigenvalue weighted by molar-refractivity contribution is -0.118. The van der Waals surface area contributed by atoms with Crippen LogP contribution in [-0.4, -0.2) is 30.1 Å². The Labute approximate surface area is 138 Å². The van der Waals surface area contributed by atoms with E-state index >= 15 is 0 Å². The summed E-state index contributed by atoms with van der Waals surface area (Å²) in [7, 11) is 0. The Morgan fingerprint density at radius 1 is 1.30 bits per heavy atom. The Bertz CT molecular complexity index is 712. The molecule has 0 aliphatic rings. The lowest BCUT2D eigenvalue weighted by Gasteiger charge is -2.06.